The van der Waals surface area contributed by atoms with Crippen molar-refractivity contribution in [2.75, 3.05) is 4.72 Å². The van der Waals surface area contributed by atoms with Gasteiger partial charge in [0.05, 0.1) is 22.4 Å². The molecule has 0 aliphatic carbocycles. The Morgan fingerprint density at radius 2 is 1.86 bits per heavy atom. The normalized spacial score (nSPS) is 11.5. The lowest BCUT2D eigenvalue weighted by molar-refractivity contribution is 0.477. The molecule has 2 aromatic carbocycles. The molecule has 6 nitrogen and oxygen atoms in total. The van der Waals surface area contributed by atoms with E-state index in [0.717, 1.165) is 5.69 Å². The fourth-order valence-corrected chi connectivity index (χ4v) is 4.81. The Morgan fingerprint density at radius 1 is 1.07 bits per heavy atom. The van der Waals surface area contributed by atoms with E-state index in [4.69, 9.17) is 11.6 Å². The number of phenolic OH excluding ortho intramolecular Hbond substituents is 1. The van der Waals surface area contributed by atoms with Gasteiger partial charge in [0.25, 0.3) is 10.0 Å². The second kappa shape index (κ2) is 7.31. The summed E-state index contributed by atoms with van der Waals surface area (Å²) in [5.41, 5.74) is 1.05. The minimum Gasteiger partial charge on any atom is -0.506 e. The van der Waals surface area contributed by atoms with Gasteiger partial charge in [0, 0.05) is 5.02 Å². The third-order valence-electron chi connectivity index (χ3n) is 3.95. The summed E-state index contributed by atoms with van der Waals surface area (Å²) < 4.78 is 30.1. The van der Waals surface area contributed by atoms with Gasteiger partial charge in [-0.2, -0.15) is 5.10 Å². The van der Waals surface area contributed by atoms with E-state index in [9.17, 15) is 13.5 Å². The maximum absolute atomic E-state index is 13.1. The van der Waals surface area contributed by atoms with Crippen molar-refractivity contribution in [2.45, 2.75) is 4.90 Å². The predicted molar refractivity (Wildman–Crippen MR) is 111 cm³/mol. The minimum absolute atomic E-state index is 0.00169. The van der Waals surface area contributed by atoms with Crippen LogP contribution in [0.4, 0.5) is 5.69 Å². The van der Waals surface area contributed by atoms with Crippen LogP contribution >= 0.6 is 22.9 Å². The van der Waals surface area contributed by atoms with Crippen LogP contribution in [0.3, 0.4) is 0 Å². The van der Waals surface area contributed by atoms with E-state index in [0.29, 0.717) is 15.6 Å². The molecule has 28 heavy (non-hydrogen) atoms. The highest BCUT2D eigenvalue weighted by atomic mass is 35.5. The van der Waals surface area contributed by atoms with Crippen molar-refractivity contribution in [1.29, 1.82) is 0 Å². The molecule has 142 valence electrons. The van der Waals surface area contributed by atoms with Gasteiger partial charge in [0.15, 0.2) is 0 Å². The number of thiophene rings is 1. The fraction of sp³-hybridized carbons (Fsp3) is 0. The zero-order valence-electron chi connectivity index (χ0n) is 14.3. The van der Waals surface area contributed by atoms with Gasteiger partial charge in [-0.15, -0.1) is 11.3 Å². The first kappa shape index (κ1) is 18.5. The second-order valence-electron chi connectivity index (χ2n) is 5.87. The number of nitrogens with zero attached hydrogens (tertiary/aromatic N) is 2. The van der Waals surface area contributed by atoms with E-state index in [-0.39, 0.29) is 16.3 Å². The van der Waals surface area contributed by atoms with Gasteiger partial charge in [-0.05, 0) is 41.8 Å². The van der Waals surface area contributed by atoms with Crippen molar-refractivity contribution in [3.63, 3.8) is 0 Å². The molecule has 9 heteroatoms. The van der Waals surface area contributed by atoms with Crippen molar-refractivity contribution >= 4 is 38.6 Å². The molecule has 0 radical (unpaired) electrons. The number of rotatable bonds is 5. The molecule has 0 saturated heterocycles. The van der Waals surface area contributed by atoms with Gasteiger partial charge >= 0.3 is 0 Å². The molecule has 4 rings (SSSR count). The summed E-state index contributed by atoms with van der Waals surface area (Å²) in [7, 11) is -4.04. The van der Waals surface area contributed by atoms with Gasteiger partial charge in [-0.1, -0.05) is 35.9 Å². The average molecular weight is 432 g/mol. The summed E-state index contributed by atoms with van der Waals surface area (Å²) in [6, 6.07) is 17.0. The first-order chi connectivity index (χ1) is 13.4. The van der Waals surface area contributed by atoms with E-state index in [1.54, 1.807) is 6.07 Å². The van der Waals surface area contributed by atoms with Crippen LogP contribution in [0, 0.1) is 0 Å². The molecule has 0 saturated carbocycles. The summed E-state index contributed by atoms with van der Waals surface area (Å²) >= 11 is 7.32. The maximum Gasteiger partial charge on any atom is 0.265 e. The van der Waals surface area contributed by atoms with Gasteiger partial charge in [-0.3, -0.25) is 4.72 Å². The molecular weight excluding hydrogens is 418 g/mol. The lowest BCUT2D eigenvalue weighted by atomic mass is 10.3. The van der Waals surface area contributed by atoms with E-state index in [1.807, 2.05) is 41.8 Å². The Labute approximate surface area is 170 Å². The standard InChI is InChI=1S/C19H14ClN3O3S2/c20-13-8-9-16(24)15(11-13)22-28(25,26)18-12-23(14-5-2-1-3-6-14)21-19(18)17-7-4-10-27-17/h1-12,22,24H. The number of phenols is 1. The summed E-state index contributed by atoms with van der Waals surface area (Å²) in [4.78, 5) is 0.712. The molecule has 0 bridgehead atoms. The molecule has 0 unspecified atom stereocenters. The highest BCUT2D eigenvalue weighted by Gasteiger charge is 2.25. The zero-order chi connectivity index (χ0) is 19.7. The number of benzene rings is 2. The third-order valence-corrected chi connectivity index (χ3v) is 6.43. The lowest BCUT2D eigenvalue weighted by Crippen LogP contribution is -2.13. The average Bonchev–Trinajstić information content (AvgIpc) is 3.35. The number of hydrogen-bond acceptors (Lipinski definition) is 5. The third kappa shape index (κ3) is 3.62. The molecule has 2 heterocycles. The van der Waals surface area contributed by atoms with Crippen LogP contribution in [0.25, 0.3) is 16.3 Å². The SMILES string of the molecule is O=S(=O)(Nc1cc(Cl)ccc1O)c1cn(-c2ccccc2)nc1-c1cccs1. The molecule has 0 atom stereocenters. The topological polar surface area (TPSA) is 84.2 Å². The summed E-state index contributed by atoms with van der Waals surface area (Å²) in [6.07, 6.45) is 1.45. The largest absolute Gasteiger partial charge is 0.506 e. The maximum atomic E-state index is 13.1. The molecule has 0 amide bonds. The molecular formula is C19H14ClN3O3S2. The summed E-state index contributed by atoms with van der Waals surface area (Å²) in [5, 5.41) is 16.6. The number of para-hydroxylation sites is 1. The number of nitrogens with one attached hydrogen (secondary N) is 1. The van der Waals surface area contributed by atoms with Crippen molar-refractivity contribution in [3.8, 4) is 22.0 Å². The molecule has 2 N–H and O–H groups in total. The van der Waals surface area contributed by atoms with Crippen LogP contribution in [0.5, 0.6) is 5.75 Å². The fourth-order valence-electron chi connectivity index (χ4n) is 2.64. The van der Waals surface area contributed by atoms with Crippen LogP contribution < -0.4 is 4.72 Å². The number of hydrogen-bond donors (Lipinski definition) is 2. The monoisotopic (exact) mass is 431 g/mol. The Bertz CT molecular complexity index is 1220. The smallest absolute Gasteiger partial charge is 0.265 e. The number of aromatic hydroxyl groups is 1. The quantitative estimate of drug-likeness (QED) is 0.446. The Morgan fingerprint density at radius 3 is 2.57 bits per heavy atom. The molecule has 4 aromatic rings. The van der Waals surface area contributed by atoms with Crippen LogP contribution in [0.2, 0.25) is 5.02 Å². The Kier molecular flexibility index (Phi) is 4.84. The first-order valence-corrected chi connectivity index (χ1v) is 10.9. The molecule has 0 aliphatic rings. The number of halogens is 1. The highest BCUT2D eigenvalue weighted by Crippen LogP contribution is 2.34. The van der Waals surface area contributed by atoms with Crippen molar-refractivity contribution in [1.82, 2.24) is 9.78 Å². The molecule has 0 fully saturated rings. The minimum atomic E-state index is -4.04. The van der Waals surface area contributed by atoms with Crippen LogP contribution in [0.15, 0.2) is 77.1 Å². The number of sulfonamides is 1. The Balaban J connectivity index is 1.83. The van der Waals surface area contributed by atoms with Crippen molar-refractivity contribution in [3.05, 3.63) is 77.3 Å². The number of aromatic nitrogens is 2. The summed E-state index contributed by atoms with van der Waals surface area (Å²) in [5.74, 6) is -0.221. The first-order valence-electron chi connectivity index (χ1n) is 8.14. The van der Waals surface area contributed by atoms with Gasteiger partial charge < -0.3 is 5.11 Å². The summed E-state index contributed by atoms with van der Waals surface area (Å²) in [6.45, 7) is 0. The van der Waals surface area contributed by atoms with E-state index < -0.39 is 10.0 Å². The van der Waals surface area contributed by atoms with E-state index in [2.05, 4.69) is 9.82 Å². The Hall–Kier alpha value is -2.81. The predicted octanol–water partition coefficient (Wildman–Crippen LogP) is 4.76. The van der Waals surface area contributed by atoms with E-state index >= 15 is 0 Å². The van der Waals surface area contributed by atoms with Crippen LogP contribution in [-0.4, -0.2) is 23.3 Å². The lowest BCUT2D eigenvalue weighted by Gasteiger charge is -2.09. The molecule has 0 spiro atoms. The number of anilines is 1. The van der Waals surface area contributed by atoms with Crippen LogP contribution in [0.1, 0.15) is 0 Å². The van der Waals surface area contributed by atoms with Gasteiger partial charge in [-0.25, -0.2) is 13.1 Å². The van der Waals surface area contributed by atoms with Crippen molar-refractivity contribution in [2.24, 2.45) is 0 Å². The van der Waals surface area contributed by atoms with Gasteiger partial charge in [0.1, 0.15) is 16.3 Å². The van der Waals surface area contributed by atoms with Crippen LogP contribution in [-0.2, 0) is 10.0 Å². The van der Waals surface area contributed by atoms with Crippen molar-refractivity contribution < 1.29 is 13.5 Å². The second-order valence-corrected chi connectivity index (χ2v) is 8.90. The van der Waals surface area contributed by atoms with E-state index in [1.165, 1.54) is 40.4 Å². The molecule has 2 aromatic heterocycles. The zero-order valence-corrected chi connectivity index (χ0v) is 16.7. The highest BCUT2D eigenvalue weighted by molar-refractivity contribution is 7.92. The molecule has 0 aliphatic heterocycles. The van der Waals surface area contributed by atoms with Gasteiger partial charge in [0.2, 0.25) is 0 Å².